The third-order valence-corrected chi connectivity index (χ3v) is 1.51. The third kappa shape index (κ3) is 1.97. The predicted octanol–water partition coefficient (Wildman–Crippen LogP) is 2.92. The first-order chi connectivity index (χ1) is 3.72. The smallest absolute Gasteiger partial charge is 0.0346 e. The van der Waals surface area contributed by atoms with E-state index in [1.54, 1.807) is 0 Å². The van der Waals surface area contributed by atoms with Gasteiger partial charge in [0.2, 0.25) is 0 Å². The van der Waals surface area contributed by atoms with Crippen molar-refractivity contribution in [3.8, 4) is 0 Å². The Kier molecular flexibility index (Phi) is 3.25. The lowest BCUT2D eigenvalue weighted by Crippen LogP contribution is -1.75. The minimum atomic E-state index is 1.14. The maximum absolute atomic E-state index is 3.67. The third-order valence-electron chi connectivity index (χ3n) is 1.51. The monoisotopic (exact) mass is 110 g/mol. The fraction of sp³-hybridized carbons (Fsp3) is 0.500. The van der Waals surface area contributed by atoms with Crippen molar-refractivity contribution in [1.29, 1.82) is 0 Å². The van der Waals surface area contributed by atoms with Gasteiger partial charge in [-0.25, -0.2) is 0 Å². The van der Waals surface area contributed by atoms with Crippen molar-refractivity contribution in [2.24, 2.45) is 0 Å². The van der Waals surface area contributed by atoms with Crippen LogP contribution in [0.15, 0.2) is 23.8 Å². The van der Waals surface area contributed by atoms with E-state index in [9.17, 15) is 0 Å². The molecule has 0 rings (SSSR count). The standard InChI is InChI=1S/C8H14/c1-5-7(3)8(4)6-2/h5H,1,6H2,2-4H3/b8-7+. The molecule has 0 aromatic rings. The van der Waals surface area contributed by atoms with Crippen LogP contribution in [-0.4, -0.2) is 0 Å². The number of hydrogen-bond donors (Lipinski definition) is 0. The van der Waals surface area contributed by atoms with Gasteiger partial charge in [0.25, 0.3) is 0 Å². The van der Waals surface area contributed by atoms with Crippen LogP contribution in [-0.2, 0) is 0 Å². The topological polar surface area (TPSA) is 0 Å². The lowest BCUT2D eigenvalue weighted by Gasteiger charge is -1.96. The molecule has 0 bridgehead atoms. The van der Waals surface area contributed by atoms with Gasteiger partial charge in [-0.1, -0.05) is 30.7 Å². The van der Waals surface area contributed by atoms with Crippen molar-refractivity contribution in [1.82, 2.24) is 0 Å². The maximum atomic E-state index is 3.67. The molecule has 0 heteroatoms. The minimum Gasteiger partial charge on any atom is -0.0988 e. The zero-order valence-corrected chi connectivity index (χ0v) is 5.99. The molecule has 0 saturated heterocycles. The van der Waals surface area contributed by atoms with Gasteiger partial charge in [-0.05, 0) is 20.3 Å². The molecule has 8 heavy (non-hydrogen) atoms. The summed E-state index contributed by atoms with van der Waals surface area (Å²) in [4.78, 5) is 0. The number of allylic oxidation sites excluding steroid dienone is 3. The van der Waals surface area contributed by atoms with Gasteiger partial charge in [-0.3, -0.25) is 0 Å². The molecule has 0 saturated carbocycles. The van der Waals surface area contributed by atoms with Gasteiger partial charge in [-0.2, -0.15) is 0 Å². The molecule has 0 aliphatic heterocycles. The first kappa shape index (κ1) is 7.48. The van der Waals surface area contributed by atoms with E-state index in [0.29, 0.717) is 0 Å². The quantitative estimate of drug-likeness (QED) is 0.479. The summed E-state index contributed by atoms with van der Waals surface area (Å²) < 4.78 is 0. The van der Waals surface area contributed by atoms with E-state index in [4.69, 9.17) is 0 Å². The lowest BCUT2D eigenvalue weighted by molar-refractivity contribution is 1.07. The summed E-state index contributed by atoms with van der Waals surface area (Å²) in [5.74, 6) is 0. The second-order valence-electron chi connectivity index (χ2n) is 2.02. The molecule has 0 nitrogen and oxygen atoms in total. The highest BCUT2D eigenvalue weighted by atomic mass is 13.9. The summed E-state index contributed by atoms with van der Waals surface area (Å²) in [6.07, 6.45) is 3.04. The molecule has 0 heterocycles. The van der Waals surface area contributed by atoms with Gasteiger partial charge in [0.05, 0.1) is 0 Å². The van der Waals surface area contributed by atoms with Crippen LogP contribution in [0.4, 0.5) is 0 Å². The highest BCUT2D eigenvalue weighted by Gasteiger charge is 1.85. The van der Waals surface area contributed by atoms with Crippen LogP contribution >= 0.6 is 0 Å². The van der Waals surface area contributed by atoms with E-state index in [1.165, 1.54) is 11.1 Å². The minimum absolute atomic E-state index is 1.14. The van der Waals surface area contributed by atoms with E-state index >= 15 is 0 Å². The Labute approximate surface area is 51.9 Å². The zero-order valence-electron chi connectivity index (χ0n) is 5.99. The molecule has 0 aromatic heterocycles. The van der Waals surface area contributed by atoms with Gasteiger partial charge in [0.1, 0.15) is 0 Å². The summed E-state index contributed by atoms with van der Waals surface area (Å²) in [5, 5.41) is 0. The zero-order chi connectivity index (χ0) is 6.57. The van der Waals surface area contributed by atoms with Crippen molar-refractivity contribution in [2.75, 3.05) is 0 Å². The Morgan fingerprint density at radius 1 is 1.50 bits per heavy atom. The molecule has 0 aliphatic carbocycles. The van der Waals surface area contributed by atoms with Gasteiger partial charge < -0.3 is 0 Å². The molecule has 0 unspecified atom stereocenters. The number of hydrogen-bond acceptors (Lipinski definition) is 0. The normalized spacial score (nSPS) is 12.9. The Bertz CT molecular complexity index is 107. The Morgan fingerprint density at radius 2 is 2.00 bits per heavy atom. The highest BCUT2D eigenvalue weighted by molar-refractivity contribution is 5.19. The second kappa shape index (κ2) is 3.48. The van der Waals surface area contributed by atoms with Crippen LogP contribution in [0.3, 0.4) is 0 Å². The summed E-state index contributed by atoms with van der Waals surface area (Å²) in [6, 6.07) is 0. The van der Waals surface area contributed by atoms with Crippen molar-refractivity contribution in [3.05, 3.63) is 23.8 Å². The molecular formula is C8H14. The lowest BCUT2D eigenvalue weighted by atomic mass is 10.1. The van der Waals surface area contributed by atoms with Gasteiger partial charge >= 0.3 is 0 Å². The Balaban J connectivity index is 4.03. The van der Waals surface area contributed by atoms with Crippen LogP contribution in [0.5, 0.6) is 0 Å². The molecule has 0 radical (unpaired) electrons. The Morgan fingerprint density at radius 3 is 2.12 bits per heavy atom. The second-order valence-corrected chi connectivity index (χ2v) is 2.02. The molecular weight excluding hydrogens is 96.1 g/mol. The van der Waals surface area contributed by atoms with E-state index in [0.717, 1.165) is 6.42 Å². The van der Waals surface area contributed by atoms with Crippen molar-refractivity contribution < 1.29 is 0 Å². The van der Waals surface area contributed by atoms with Crippen molar-refractivity contribution in [3.63, 3.8) is 0 Å². The van der Waals surface area contributed by atoms with E-state index in [1.807, 2.05) is 6.08 Å². The highest BCUT2D eigenvalue weighted by Crippen LogP contribution is 2.06. The van der Waals surface area contributed by atoms with E-state index < -0.39 is 0 Å². The summed E-state index contributed by atoms with van der Waals surface area (Å²) in [6.45, 7) is 10.1. The van der Waals surface area contributed by atoms with E-state index in [2.05, 4.69) is 27.4 Å². The summed E-state index contributed by atoms with van der Waals surface area (Å²) in [5.41, 5.74) is 2.74. The molecule has 0 atom stereocenters. The predicted molar refractivity (Wildman–Crippen MR) is 38.9 cm³/mol. The average molecular weight is 110 g/mol. The number of rotatable bonds is 2. The Hall–Kier alpha value is -0.520. The van der Waals surface area contributed by atoms with Gasteiger partial charge in [0.15, 0.2) is 0 Å². The summed E-state index contributed by atoms with van der Waals surface area (Å²) >= 11 is 0. The maximum Gasteiger partial charge on any atom is -0.0346 e. The van der Waals surface area contributed by atoms with Crippen LogP contribution in [0, 0.1) is 0 Å². The molecule has 0 spiro atoms. The van der Waals surface area contributed by atoms with Crippen molar-refractivity contribution >= 4 is 0 Å². The van der Waals surface area contributed by atoms with Crippen molar-refractivity contribution in [2.45, 2.75) is 27.2 Å². The van der Waals surface area contributed by atoms with Crippen LogP contribution in [0.1, 0.15) is 27.2 Å². The fourth-order valence-corrected chi connectivity index (χ4v) is 0.453. The van der Waals surface area contributed by atoms with Gasteiger partial charge in [0, 0.05) is 0 Å². The first-order valence-electron chi connectivity index (χ1n) is 3.01. The largest absolute Gasteiger partial charge is 0.0988 e. The summed E-state index contributed by atoms with van der Waals surface area (Å²) in [7, 11) is 0. The average Bonchev–Trinajstić information content (AvgIpc) is 1.84. The molecule has 0 fully saturated rings. The van der Waals surface area contributed by atoms with Crippen LogP contribution < -0.4 is 0 Å². The molecule has 0 aromatic carbocycles. The molecule has 0 aliphatic rings. The van der Waals surface area contributed by atoms with Gasteiger partial charge in [-0.15, -0.1) is 0 Å². The van der Waals surface area contributed by atoms with Crippen LogP contribution in [0.25, 0.3) is 0 Å². The fourth-order valence-electron chi connectivity index (χ4n) is 0.453. The molecule has 0 N–H and O–H groups in total. The van der Waals surface area contributed by atoms with Crippen LogP contribution in [0.2, 0.25) is 0 Å². The SMILES string of the molecule is C=C/C(C)=C(\C)CC. The molecule has 46 valence electrons. The first-order valence-corrected chi connectivity index (χ1v) is 3.01. The van der Waals surface area contributed by atoms with E-state index in [-0.39, 0.29) is 0 Å². The molecule has 0 amide bonds.